The molecule has 0 unspecified atom stereocenters. The summed E-state index contributed by atoms with van der Waals surface area (Å²) < 4.78 is 32.6. The number of aliphatic hydroxyl groups excluding tert-OH is 1. The second kappa shape index (κ2) is 8.15. The lowest BCUT2D eigenvalue weighted by atomic mass is 10.5. The highest BCUT2D eigenvalue weighted by Gasteiger charge is 2.24. The molecule has 1 heterocycles. The molecule has 0 bridgehead atoms. The second-order valence-electron chi connectivity index (χ2n) is 4.16. The first-order valence-electron chi connectivity index (χ1n) is 6.29. The number of aryl methyl sites for hydroxylation is 1. The van der Waals surface area contributed by atoms with E-state index in [2.05, 4.69) is 11.7 Å². The van der Waals surface area contributed by atoms with Gasteiger partial charge in [0.2, 0.25) is 10.0 Å². The Bertz CT molecular complexity index is 513. The molecule has 0 aliphatic carbocycles. The third kappa shape index (κ3) is 4.41. The van der Waals surface area contributed by atoms with Gasteiger partial charge in [-0.3, -0.25) is 4.68 Å². The Labute approximate surface area is 119 Å². The van der Waals surface area contributed by atoms with Gasteiger partial charge in [0.25, 0.3) is 0 Å². The van der Waals surface area contributed by atoms with Crippen LogP contribution in [0, 0.1) is 0 Å². The van der Waals surface area contributed by atoms with Crippen LogP contribution in [0.5, 0.6) is 0 Å². The van der Waals surface area contributed by atoms with Crippen LogP contribution in [0.2, 0.25) is 0 Å². The van der Waals surface area contributed by atoms with Gasteiger partial charge >= 0.3 is 0 Å². The molecule has 0 amide bonds. The van der Waals surface area contributed by atoms with Gasteiger partial charge in [-0.05, 0) is 6.42 Å². The highest BCUT2D eigenvalue weighted by atomic mass is 32.2. The van der Waals surface area contributed by atoms with Gasteiger partial charge in [0, 0.05) is 39.5 Å². The Kier molecular flexibility index (Phi) is 6.86. The fraction of sp³-hybridized carbons (Fsp3) is 0.583. The average molecular weight is 303 g/mol. The number of ether oxygens (including phenoxy) is 1. The van der Waals surface area contributed by atoms with Crippen LogP contribution in [-0.2, 0) is 21.3 Å². The van der Waals surface area contributed by atoms with Crippen LogP contribution < -0.4 is 0 Å². The molecule has 0 spiro atoms. The highest BCUT2D eigenvalue weighted by Crippen LogP contribution is 2.14. The Balaban J connectivity index is 2.88. The summed E-state index contributed by atoms with van der Waals surface area (Å²) in [5.41, 5.74) is 0. The maximum atomic E-state index is 12.4. The Morgan fingerprint density at radius 3 is 2.95 bits per heavy atom. The van der Waals surface area contributed by atoms with Crippen molar-refractivity contribution < 1.29 is 18.3 Å². The lowest BCUT2D eigenvalue weighted by Crippen LogP contribution is -2.33. The SMILES string of the molecule is C=CCN(CCOC)S(=O)(=O)c1cnn(CCCO)c1. The quantitative estimate of drug-likeness (QED) is 0.619. The highest BCUT2D eigenvalue weighted by molar-refractivity contribution is 7.89. The van der Waals surface area contributed by atoms with Gasteiger partial charge in [0.15, 0.2) is 0 Å². The van der Waals surface area contributed by atoms with Gasteiger partial charge in [-0.25, -0.2) is 8.42 Å². The number of rotatable bonds is 10. The first kappa shape index (κ1) is 16.8. The van der Waals surface area contributed by atoms with E-state index in [0.29, 0.717) is 19.6 Å². The molecule has 20 heavy (non-hydrogen) atoms. The molecule has 114 valence electrons. The number of hydrogen-bond donors (Lipinski definition) is 1. The van der Waals surface area contributed by atoms with Crippen molar-refractivity contribution in [3.05, 3.63) is 25.0 Å². The maximum absolute atomic E-state index is 12.4. The Morgan fingerprint density at radius 1 is 1.60 bits per heavy atom. The van der Waals surface area contributed by atoms with E-state index >= 15 is 0 Å². The van der Waals surface area contributed by atoms with Crippen LogP contribution in [0.15, 0.2) is 29.9 Å². The minimum atomic E-state index is -3.60. The van der Waals surface area contributed by atoms with Crippen LogP contribution in [0.25, 0.3) is 0 Å². The van der Waals surface area contributed by atoms with E-state index in [-0.39, 0.29) is 24.6 Å². The number of aromatic nitrogens is 2. The van der Waals surface area contributed by atoms with Crippen LogP contribution in [0.3, 0.4) is 0 Å². The third-order valence-corrected chi connectivity index (χ3v) is 4.49. The smallest absolute Gasteiger partial charge is 0.246 e. The second-order valence-corrected chi connectivity index (χ2v) is 6.10. The van der Waals surface area contributed by atoms with Crippen LogP contribution in [0.4, 0.5) is 0 Å². The first-order valence-corrected chi connectivity index (χ1v) is 7.73. The number of aliphatic hydroxyl groups is 1. The lowest BCUT2D eigenvalue weighted by Gasteiger charge is -2.19. The van der Waals surface area contributed by atoms with E-state index in [9.17, 15) is 8.42 Å². The summed E-state index contributed by atoms with van der Waals surface area (Å²) in [6.45, 7) is 4.87. The van der Waals surface area contributed by atoms with Gasteiger partial charge in [0.05, 0.1) is 12.8 Å². The summed E-state index contributed by atoms with van der Waals surface area (Å²) in [5, 5.41) is 12.7. The molecule has 0 fully saturated rings. The molecule has 0 saturated heterocycles. The molecule has 0 aromatic carbocycles. The third-order valence-electron chi connectivity index (χ3n) is 2.67. The first-order chi connectivity index (χ1) is 9.56. The van der Waals surface area contributed by atoms with Crippen molar-refractivity contribution in [2.45, 2.75) is 17.9 Å². The molecule has 0 atom stereocenters. The topological polar surface area (TPSA) is 84.7 Å². The van der Waals surface area contributed by atoms with Crippen LogP contribution >= 0.6 is 0 Å². The molecule has 8 heteroatoms. The van der Waals surface area contributed by atoms with E-state index in [4.69, 9.17) is 9.84 Å². The summed E-state index contributed by atoms with van der Waals surface area (Å²) in [5.74, 6) is 0. The zero-order chi connectivity index (χ0) is 15.0. The summed E-state index contributed by atoms with van der Waals surface area (Å²) in [4.78, 5) is 0.133. The maximum Gasteiger partial charge on any atom is 0.246 e. The van der Waals surface area contributed by atoms with Crippen molar-refractivity contribution in [2.24, 2.45) is 0 Å². The van der Waals surface area contributed by atoms with Crippen molar-refractivity contribution >= 4 is 10.0 Å². The largest absolute Gasteiger partial charge is 0.396 e. The van der Waals surface area contributed by atoms with E-state index < -0.39 is 10.0 Å². The zero-order valence-corrected chi connectivity index (χ0v) is 12.4. The molecule has 1 N–H and O–H groups in total. The number of hydrogen-bond acceptors (Lipinski definition) is 5. The standard InChI is InChI=1S/C12H21N3O4S/c1-3-5-15(7-9-19-2)20(17,18)12-10-13-14(11-12)6-4-8-16/h3,10-11,16H,1,4-9H2,2H3. The molecule has 0 radical (unpaired) electrons. The Hall–Kier alpha value is -1.22. The minimum absolute atomic E-state index is 0.0401. The fourth-order valence-corrected chi connectivity index (χ4v) is 2.98. The van der Waals surface area contributed by atoms with E-state index in [1.807, 2.05) is 0 Å². The van der Waals surface area contributed by atoms with Crippen LogP contribution in [-0.4, -0.2) is 61.0 Å². The van der Waals surface area contributed by atoms with Gasteiger partial charge in [0.1, 0.15) is 4.90 Å². The lowest BCUT2D eigenvalue weighted by molar-refractivity contribution is 0.182. The Morgan fingerprint density at radius 2 is 2.35 bits per heavy atom. The summed E-state index contributed by atoms with van der Waals surface area (Å²) in [6.07, 6.45) is 4.84. The van der Waals surface area contributed by atoms with E-state index in [0.717, 1.165) is 0 Å². The number of methoxy groups -OCH3 is 1. The number of sulfonamides is 1. The van der Waals surface area contributed by atoms with Crippen molar-refractivity contribution in [3.63, 3.8) is 0 Å². The van der Waals surface area contributed by atoms with Gasteiger partial charge in [-0.15, -0.1) is 6.58 Å². The van der Waals surface area contributed by atoms with Crippen molar-refractivity contribution in [2.75, 3.05) is 33.4 Å². The molecule has 0 aliphatic rings. The summed E-state index contributed by atoms with van der Waals surface area (Å²) in [6, 6.07) is 0. The van der Waals surface area contributed by atoms with Gasteiger partial charge in [-0.2, -0.15) is 9.40 Å². The normalized spacial score (nSPS) is 11.9. The fourth-order valence-electron chi connectivity index (χ4n) is 1.63. The van der Waals surface area contributed by atoms with Gasteiger partial charge in [-0.1, -0.05) is 6.08 Å². The molecule has 1 rings (SSSR count). The molecule has 1 aromatic heterocycles. The van der Waals surface area contributed by atoms with Crippen molar-refractivity contribution in [1.29, 1.82) is 0 Å². The predicted octanol–water partition coefficient (Wildman–Crippen LogP) is 0.0886. The average Bonchev–Trinajstić information content (AvgIpc) is 2.90. The molecule has 0 aliphatic heterocycles. The van der Waals surface area contributed by atoms with Crippen molar-refractivity contribution in [3.8, 4) is 0 Å². The van der Waals surface area contributed by atoms with E-state index in [1.54, 1.807) is 0 Å². The zero-order valence-electron chi connectivity index (χ0n) is 11.6. The van der Waals surface area contributed by atoms with E-state index in [1.165, 1.54) is 34.6 Å². The monoisotopic (exact) mass is 303 g/mol. The molecular formula is C12H21N3O4S. The number of nitrogens with zero attached hydrogens (tertiary/aromatic N) is 3. The summed E-state index contributed by atoms with van der Waals surface area (Å²) >= 11 is 0. The molecular weight excluding hydrogens is 282 g/mol. The molecule has 7 nitrogen and oxygen atoms in total. The van der Waals surface area contributed by atoms with Crippen molar-refractivity contribution in [1.82, 2.24) is 14.1 Å². The summed E-state index contributed by atoms with van der Waals surface area (Å²) in [7, 11) is -2.08. The molecule has 0 saturated carbocycles. The molecule has 1 aromatic rings. The van der Waals surface area contributed by atoms with Crippen LogP contribution in [0.1, 0.15) is 6.42 Å². The predicted molar refractivity (Wildman–Crippen MR) is 74.8 cm³/mol. The van der Waals surface area contributed by atoms with Gasteiger partial charge < -0.3 is 9.84 Å². The minimum Gasteiger partial charge on any atom is -0.396 e.